The maximum absolute atomic E-state index is 3.65. The van der Waals surface area contributed by atoms with Crippen molar-refractivity contribution in [2.75, 3.05) is 26.2 Å². The predicted octanol–water partition coefficient (Wildman–Crippen LogP) is 2.74. The van der Waals surface area contributed by atoms with Crippen LogP contribution in [0.25, 0.3) is 0 Å². The molecule has 0 aromatic rings. The summed E-state index contributed by atoms with van der Waals surface area (Å²) in [5.41, 5.74) is 0. The van der Waals surface area contributed by atoms with Crippen LogP contribution in [0.5, 0.6) is 0 Å². The van der Waals surface area contributed by atoms with E-state index in [1.165, 1.54) is 38.9 Å². The van der Waals surface area contributed by atoms with Crippen LogP contribution < -0.4 is 5.32 Å². The molecule has 1 fully saturated rings. The van der Waals surface area contributed by atoms with Crippen LogP contribution in [0.3, 0.4) is 0 Å². The van der Waals surface area contributed by atoms with Crippen LogP contribution in [0, 0.1) is 11.8 Å². The van der Waals surface area contributed by atoms with Crippen LogP contribution >= 0.6 is 0 Å². The second-order valence-electron chi connectivity index (χ2n) is 5.67. The molecule has 1 rings (SSSR count). The monoisotopic (exact) mass is 226 g/mol. The lowest BCUT2D eigenvalue weighted by atomic mass is 9.92. The van der Waals surface area contributed by atoms with Crippen LogP contribution in [-0.4, -0.2) is 37.1 Å². The maximum atomic E-state index is 3.65. The lowest BCUT2D eigenvalue weighted by Crippen LogP contribution is -2.43. The second-order valence-corrected chi connectivity index (χ2v) is 5.67. The third kappa shape index (κ3) is 4.84. The summed E-state index contributed by atoms with van der Waals surface area (Å²) in [6, 6.07) is 0.722. The topological polar surface area (TPSA) is 15.3 Å². The molecule has 0 spiro atoms. The SMILES string of the molecule is CCC(CC)NCCN1CC(C)CC(C)C1. The highest BCUT2D eigenvalue weighted by Crippen LogP contribution is 2.20. The van der Waals surface area contributed by atoms with Gasteiger partial charge in [0, 0.05) is 32.2 Å². The summed E-state index contributed by atoms with van der Waals surface area (Å²) in [7, 11) is 0. The van der Waals surface area contributed by atoms with Gasteiger partial charge in [-0.1, -0.05) is 27.7 Å². The molecule has 1 aliphatic rings. The van der Waals surface area contributed by atoms with Crippen LogP contribution in [0.15, 0.2) is 0 Å². The Labute approximate surface area is 102 Å². The van der Waals surface area contributed by atoms with Crippen LogP contribution in [0.1, 0.15) is 47.0 Å². The van der Waals surface area contributed by atoms with Gasteiger partial charge in [-0.05, 0) is 31.1 Å². The van der Waals surface area contributed by atoms with Crippen molar-refractivity contribution in [3.63, 3.8) is 0 Å². The van der Waals surface area contributed by atoms with E-state index in [2.05, 4.69) is 37.9 Å². The fourth-order valence-electron chi connectivity index (χ4n) is 2.98. The van der Waals surface area contributed by atoms with Gasteiger partial charge >= 0.3 is 0 Å². The van der Waals surface area contributed by atoms with E-state index in [9.17, 15) is 0 Å². The van der Waals surface area contributed by atoms with Crippen molar-refractivity contribution in [2.45, 2.75) is 53.0 Å². The first-order valence-corrected chi connectivity index (χ1v) is 7.11. The Morgan fingerprint density at radius 1 is 1.12 bits per heavy atom. The highest BCUT2D eigenvalue weighted by Gasteiger charge is 2.21. The summed E-state index contributed by atoms with van der Waals surface area (Å²) in [6.45, 7) is 14.3. The van der Waals surface area contributed by atoms with Crippen molar-refractivity contribution in [1.82, 2.24) is 10.2 Å². The molecule has 0 saturated carbocycles. The number of nitrogens with zero attached hydrogens (tertiary/aromatic N) is 1. The van der Waals surface area contributed by atoms with Gasteiger partial charge in [-0.25, -0.2) is 0 Å². The van der Waals surface area contributed by atoms with Crippen LogP contribution in [0.4, 0.5) is 0 Å². The molecule has 16 heavy (non-hydrogen) atoms. The zero-order chi connectivity index (χ0) is 12.0. The summed E-state index contributed by atoms with van der Waals surface area (Å²) in [4.78, 5) is 2.63. The van der Waals surface area contributed by atoms with E-state index in [4.69, 9.17) is 0 Å². The summed E-state index contributed by atoms with van der Waals surface area (Å²) < 4.78 is 0. The number of hydrogen-bond donors (Lipinski definition) is 1. The second kappa shape index (κ2) is 7.29. The molecular weight excluding hydrogens is 196 g/mol. The van der Waals surface area contributed by atoms with Crippen molar-refractivity contribution in [3.05, 3.63) is 0 Å². The van der Waals surface area contributed by atoms with E-state index >= 15 is 0 Å². The molecule has 0 radical (unpaired) electrons. The van der Waals surface area contributed by atoms with Gasteiger partial charge in [0.05, 0.1) is 0 Å². The minimum absolute atomic E-state index is 0.722. The van der Waals surface area contributed by atoms with Crippen LogP contribution in [-0.2, 0) is 0 Å². The van der Waals surface area contributed by atoms with Crippen LogP contribution in [0.2, 0.25) is 0 Å². The predicted molar refractivity (Wildman–Crippen MR) is 71.8 cm³/mol. The fourth-order valence-corrected chi connectivity index (χ4v) is 2.98. The lowest BCUT2D eigenvalue weighted by molar-refractivity contribution is 0.140. The van der Waals surface area contributed by atoms with Crippen molar-refractivity contribution in [1.29, 1.82) is 0 Å². The van der Waals surface area contributed by atoms with E-state index in [0.29, 0.717) is 0 Å². The van der Waals surface area contributed by atoms with Crippen molar-refractivity contribution >= 4 is 0 Å². The summed E-state index contributed by atoms with van der Waals surface area (Å²) in [6.07, 6.45) is 3.92. The Kier molecular flexibility index (Phi) is 6.37. The molecule has 1 heterocycles. The van der Waals surface area contributed by atoms with Gasteiger partial charge in [0.25, 0.3) is 0 Å². The van der Waals surface area contributed by atoms with Gasteiger partial charge in [-0.2, -0.15) is 0 Å². The quantitative estimate of drug-likeness (QED) is 0.749. The molecule has 0 amide bonds. The smallest absolute Gasteiger partial charge is 0.0107 e. The van der Waals surface area contributed by atoms with Crippen molar-refractivity contribution < 1.29 is 0 Å². The Hall–Kier alpha value is -0.0800. The maximum Gasteiger partial charge on any atom is 0.0107 e. The number of rotatable bonds is 6. The molecule has 0 aliphatic carbocycles. The number of nitrogens with one attached hydrogen (secondary N) is 1. The zero-order valence-corrected chi connectivity index (χ0v) is 11.6. The minimum atomic E-state index is 0.722. The molecule has 2 heteroatoms. The highest BCUT2D eigenvalue weighted by atomic mass is 15.1. The zero-order valence-electron chi connectivity index (χ0n) is 11.6. The fraction of sp³-hybridized carbons (Fsp3) is 1.00. The molecular formula is C14H30N2. The standard InChI is InChI=1S/C14H30N2/c1-5-14(6-2)15-7-8-16-10-12(3)9-13(4)11-16/h12-15H,5-11H2,1-4H3. The Morgan fingerprint density at radius 2 is 1.69 bits per heavy atom. The summed E-state index contributed by atoms with van der Waals surface area (Å²) in [5, 5.41) is 3.65. The Morgan fingerprint density at radius 3 is 2.19 bits per heavy atom. The van der Waals surface area contributed by atoms with E-state index in [0.717, 1.165) is 24.4 Å². The van der Waals surface area contributed by atoms with Crippen molar-refractivity contribution in [3.8, 4) is 0 Å². The van der Waals surface area contributed by atoms with Gasteiger partial charge in [-0.3, -0.25) is 0 Å². The van der Waals surface area contributed by atoms with Gasteiger partial charge in [0.1, 0.15) is 0 Å². The Bertz CT molecular complexity index is 168. The van der Waals surface area contributed by atoms with Gasteiger partial charge in [0.15, 0.2) is 0 Å². The van der Waals surface area contributed by atoms with E-state index < -0.39 is 0 Å². The minimum Gasteiger partial charge on any atom is -0.313 e. The first-order valence-electron chi connectivity index (χ1n) is 7.11. The molecule has 2 atom stereocenters. The first kappa shape index (κ1) is 14.0. The Balaban J connectivity index is 2.16. The van der Waals surface area contributed by atoms with E-state index in [-0.39, 0.29) is 0 Å². The molecule has 2 nitrogen and oxygen atoms in total. The average Bonchev–Trinajstić information content (AvgIpc) is 2.23. The average molecular weight is 226 g/mol. The first-order chi connectivity index (χ1) is 7.65. The molecule has 0 bridgehead atoms. The normalized spacial score (nSPS) is 27.6. The molecule has 96 valence electrons. The lowest BCUT2D eigenvalue weighted by Gasteiger charge is -2.35. The van der Waals surface area contributed by atoms with Gasteiger partial charge < -0.3 is 10.2 Å². The molecule has 1 aliphatic heterocycles. The summed E-state index contributed by atoms with van der Waals surface area (Å²) >= 11 is 0. The largest absolute Gasteiger partial charge is 0.313 e. The van der Waals surface area contributed by atoms with Crippen molar-refractivity contribution in [2.24, 2.45) is 11.8 Å². The van der Waals surface area contributed by atoms with Gasteiger partial charge in [0.2, 0.25) is 0 Å². The highest BCUT2D eigenvalue weighted by molar-refractivity contribution is 4.75. The third-order valence-electron chi connectivity index (χ3n) is 3.79. The van der Waals surface area contributed by atoms with E-state index in [1.807, 2.05) is 0 Å². The molecule has 2 unspecified atom stereocenters. The third-order valence-corrected chi connectivity index (χ3v) is 3.79. The number of likely N-dealkylation sites (tertiary alicyclic amines) is 1. The number of hydrogen-bond acceptors (Lipinski definition) is 2. The van der Waals surface area contributed by atoms with Gasteiger partial charge in [-0.15, -0.1) is 0 Å². The molecule has 0 aromatic heterocycles. The molecule has 1 saturated heterocycles. The molecule has 0 aromatic carbocycles. The van der Waals surface area contributed by atoms with E-state index in [1.54, 1.807) is 0 Å². The molecule has 1 N–H and O–H groups in total. The number of piperidine rings is 1. The summed E-state index contributed by atoms with van der Waals surface area (Å²) in [5.74, 6) is 1.77.